The summed E-state index contributed by atoms with van der Waals surface area (Å²) in [5, 5.41) is 0. The van der Waals surface area contributed by atoms with Gasteiger partial charge < -0.3 is 15.5 Å². The molecule has 3 rings (SSSR count). The number of nitrogens with two attached hydrogens (primary N) is 1. The second-order valence-corrected chi connectivity index (χ2v) is 4.93. The summed E-state index contributed by atoms with van der Waals surface area (Å²) in [5.74, 6) is 0.394. The highest BCUT2D eigenvalue weighted by Crippen LogP contribution is 2.28. The minimum absolute atomic E-state index is 0.173. The second kappa shape index (κ2) is 6.19. The third kappa shape index (κ3) is 3.29. The third-order valence-corrected chi connectivity index (χ3v) is 3.32. The van der Waals surface area contributed by atoms with Gasteiger partial charge in [-0.05, 0) is 41.5 Å². The molecule has 23 heavy (non-hydrogen) atoms. The summed E-state index contributed by atoms with van der Waals surface area (Å²) in [6.45, 7) is 0. The predicted molar refractivity (Wildman–Crippen MR) is 87.5 cm³/mol. The zero-order chi connectivity index (χ0) is 16.2. The van der Waals surface area contributed by atoms with Crippen LogP contribution in [0.4, 0.5) is 0 Å². The number of nitrogens with one attached hydrogen (secondary N) is 1. The highest BCUT2D eigenvalue weighted by Gasteiger charge is 2.09. The number of hydrogen-bond donors (Lipinski definition) is 2. The number of carbonyl (C=O) groups is 1. The molecule has 0 aliphatic carbocycles. The van der Waals surface area contributed by atoms with E-state index in [2.05, 4.69) is 4.98 Å². The van der Waals surface area contributed by atoms with Gasteiger partial charge >= 0.3 is 0 Å². The highest BCUT2D eigenvalue weighted by atomic mass is 16.5. The fraction of sp³-hybridized carbons (Fsp3) is 0. The Bertz CT molecular complexity index is 916. The van der Waals surface area contributed by atoms with Crippen LogP contribution in [0.2, 0.25) is 0 Å². The van der Waals surface area contributed by atoms with E-state index in [4.69, 9.17) is 10.5 Å². The monoisotopic (exact) mass is 306 g/mol. The third-order valence-electron chi connectivity index (χ3n) is 3.32. The number of benzene rings is 2. The van der Waals surface area contributed by atoms with Crippen molar-refractivity contribution in [1.82, 2.24) is 4.98 Å². The van der Waals surface area contributed by atoms with Gasteiger partial charge in [0.1, 0.15) is 11.5 Å². The van der Waals surface area contributed by atoms with Crippen molar-refractivity contribution >= 4 is 5.91 Å². The molecule has 0 radical (unpaired) electrons. The number of primary amides is 1. The zero-order valence-electron chi connectivity index (χ0n) is 12.2. The first-order valence-corrected chi connectivity index (χ1v) is 6.99. The Hall–Kier alpha value is -3.34. The molecule has 3 N–H and O–H groups in total. The molecular formula is C18H14N2O3. The zero-order valence-corrected chi connectivity index (χ0v) is 12.2. The van der Waals surface area contributed by atoms with Gasteiger partial charge in [-0.15, -0.1) is 0 Å². The van der Waals surface area contributed by atoms with Crippen LogP contribution in [0.15, 0.2) is 71.7 Å². The largest absolute Gasteiger partial charge is 0.457 e. The lowest BCUT2D eigenvalue weighted by Crippen LogP contribution is -2.11. The van der Waals surface area contributed by atoms with Crippen molar-refractivity contribution in [2.24, 2.45) is 5.73 Å². The number of carbonyl (C=O) groups excluding carboxylic acids is 1. The lowest BCUT2D eigenvalue weighted by Gasteiger charge is -2.10. The maximum Gasteiger partial charge on any atom is 0.252 e. The molecule has 5 heteroatoms. The van der Waals surface area contributed by atoms with Crippen molar-refractivity contribution in [3.8, 4) is 22.6 Å². The van der Waals surface area contributed by atoms with Gasteiger partial charge in [0, 0.05) is 12.3 Å². The Labute approximate surface area is 132 Å². The van der Waals surface area contributed by atoms with Crippen LogP contribution in [0.5, 0.6) is 11.5 Å². The summed E-state index contributed by atoms with van der Waals surface area (Å²) in [6.07, 6.45) is 1.59. The number of hydrogen-bond acceptors (Lipinski definition) is 3. The normalized spacial score (nSPS) is 10.3. The van der Waals surface area contributed by atoms with E-state index in [1.54, 1.807) is 48.7 Å². The number of H-pyrrole nitrogens is 1. The molecule has 0 saturated carbocycles. The summed E-state index contributed by atoms with van der Waals surface area (Å²) < 4.78 is 5.78. The van der Waals surface area contributed by atoms with Crippen molar-refractivity contribution in [1.29, 1.82) is 0 Å². The summed E-state index contributed by atoms with van der Waals surface area (Å²) in [6, 6.07) is 17.4. The summed E-state index contributed by atoms with van der Waals surface area (Å²) >= 11 is 0. The summed E-state index contributed by atoms with van der Waals surface area (Å²) in [5.41, 5.74) is 7.11. The van der Waals surface area contributed by atoms with E-state index in [9.17, 15) is 9.59 Å². The van der Waals surface area contributed by atoms with Crippen molar-refractivity contribution in [3.05, 3.63) is 82.8 Å². The number of aromatic nitrogens is 1. The molecule has 1 amide bonds. The number of pyridine rings is 1. The summed E-state index contributed by atoms with van der Waals surface area (Å²) in [4.78, 5) is 25.4. The molecular weight excluding hydrogens is 292 g/mol. The quantitative estimate of drug-likeness (QED) is 0.777. The average Bonchev–Trinajstić information content (AvgIpc) is 2.55. The SMILES string of the molecule is NC(=O)c1ccccc1Oc1cccc(-c2cc[nH]c(=O)c2)c1. The molecule has 3 aromatic rings. The van der Waals surface area contributed by atoms with E-state index < -0.39 is 5.91 Å². The maximum absolute atomic E-state index is 11.4. The molecule has 0 bridgehead atoms. The number of ether oxygens (including phenoxy) is 1. The lowest BCUT2D eigenvalue weighted by atomic mass is 10.1. The van der Waals surface area contributed by atoms with E-state index in [1.807, 2.05) is 12.1 Å². The topological polar surface area (TPSA) is 85.2 Å². The van der Waals surface area contributed by atoms with Crippen LogP contribution in [0.25, 0.3) is 11.1 Å². The van der Waals surface area contributed by atoms with Crippen LogP contribution in [0.1, 0.15) is 10.4 Å². The molecule has 0 fully saturated rings. The summed E-state index contributed by atoms with van der Waals surface area (Å²) in [7, 11) is 0. The van der Waals surface area contributed by atoms with Gasteiger partial charge in [-0.2, -0.15) is 0 Å². The molecule has 0 aliphatic heterocycles. The van der Waals surface area contributed by atoms with Crippen LogP contribution in [0.3, 0.4) is 0 Å². The fourth-order valence-electron chi connectivity index (χ4n) is 2.25. The van der Waals surface area contributed by atoms with E-state index in [0.29, 0.717) is 17.1 Å². The van der Waals surface area contributed by atoms with Crippen molar-refractivity contribution in [2.45, 2.75) is 0 Å². The molecule has 0 spiro atoms. The molecule has 1 aromatic heterocycles. The van der Waals surface area contributed by atoms with Crippen LogP contribution in [-0.2, 0) is 0 Å². The minimum Gasteiger partial charge on any atom is -0.457 e. The average molecular weight is 306 g/mol. The van der Waals surface area contributed by atoms with Crippen molar-refractivity contribution in [2.75, 3.05) is 0 Å². The molecule has 5 nitrogen and oxygen atoms in total. The molecule has 0 atom stereocenters. The minimum atomic E-state index is -0.550. The Morgan fingerprint density at radius 3 is 2.52 bits per heavy atom. The Morgan fingerprint density at radius 2 is 1.74 bits per heavy atom. The smallest absolute Gasteiger partial charge is 0.252 e. The Balaban J connectivity index is 1.95. The molecule has 1 heterocycles. The van der Waals surface area contributed by atoms with Gasteiger partial charge in [-0.25, -0.2) is 0 Å². The van der Waals surface area contributed by atoms with Gasteiger partial charge in [0.15, 0.2) is 0 Å². The van der Waals surface area contributed by atoms with Gasteiger partial charge in [-0.3, -0.25) is 9.59 Å². The fourth-order valence-corrected chi connectivity index (χ4v) is 2.25. The number of para-hydroxylation sites is 1. The van der Waals surface area contributed by atoms with Gasteiger partial charge in [0.2, 0.25) is 5.56 Å². The second-order valence-electron chi connectivity index (χ2n) is 4.93. The maximum atomic E-state index is 11.4. The molecule has 2 aromatic carbocycles. The molecule has 114 valence electrons. The molecule has 0 saturated heterocycles. The molecule has 0 unspecified atom stereocenters. The van der Waals surface area contributed by atoms with Crippen LogP contribution < -0.4 is 16.0 Å². The standard InChI is InChI=1S/C18H14N2O3/c19-18(22)15-6-1-2-7-16(15)23-14-5-3-4-12(10-14)13-8-9-20-17(21)11-13/h1-11H,(H2,19,22)(H,20,21). The van der Waals surface area contributed by atoms with Crippen LogP contribution in [0, 0.1) is 0 Å². The first kappa shape index (κ1) is 14.6. The Kier molecular flexibility index (Phi) is 3.93. The van der Waals surface area contributed by atoms with E-state index in [0.717, 1.165) is 11.1 Å². The first-order valence-electron chi connectivity index (χ1n) is 6.99. The lowest BCUT2D eigenvalue weighted by molar-refractivity contribution is 0.0998. The number of rotatable bonds is 4. The van der Waals surface area contributed by atoms with Gasteiger partial charge in [-0.1, -0.05) is 24.3 Å². The Morgan fingerprint density at radius 1 is 0.957 bits per heavy atom. The number of amides is 1. The number of aromatic amines is 1. The van der Waals surface area contributed by atoms with Gasteiger partial charge in [0.25, 0.3) is 5.91 Å². The van der Waals surface area contributed by atoms with Crippen molar-refractivity contribution in [3.63, 3.8) is 0 Å². The molecule has 0 aliphatic rings. The van der Waals surface area contributed by atoms with Crippen LogP contribution in [-0.4, -0.2) is 10.9 Å². The van der Waals surface area contributed by atoms with E-state index >= 15 is 0 Å². The van der Waals surface area contributed by atoms with Crippen LogP contribution >= 0.6 is 0 Å². The first-order chi connectivity index (χ1) is 11.1. The predicted octanol–water partition coefficient (Wildman–Crippen LogP) is 2.93. The van der Waals surface area contributed by atoms with Gasteiger partial charge in [0.05, 0.1) is 5.56 Å². The van der Waals surface area contributed by atoms with E-state index in [-0.39, 0.29) is 5.56 Å². The van der Waals surface area contributed by atoms with Crippen molar-refractivity contribution < 1.29 is 9.53 Å². The van der Waals surface area contributed by atoms with E-state index in [1.165, 1.54) is 6.07 Å². The highest BCUT2D eigenvalue weighted by molar-refractivity contribution is 5.95.